The van der Waals surface area contributed by atoms with Crippen LogP contribution in [-0.2, 0) is 6.61 Å². The van der Waals surface area contributed by atoms with Crippen LogP contribution in [0.2, 0.25) is 0 Å². The Kier molecular flexibility index (Phi) is 2.53. The zero-order valence-corrected chi connectivity index (χ0v) is 9.42. The topological polar surface area (TPSA) is 50.9 Å². The molecule has 0 fully saturated rings. The van der Waals surface area contributed by atoms with Crippen molar-refractivity contribution in [3.63, 3.8) is 0 Å². The molecule has 0 bridgehead atoms. The lowest BCUT2D eigenvalue weighted by molar-refractivity contribution is 0.281. The van der Waals surface area contributed by atoms with Gasteiger partial charge in [-0.2, -0.15) is 0 Å². The maximum absolute atomic E-state index is 13.4. The Labute approximate surface area is 102 Å². The van der Waals surface area contributed by atoms with Crippen molar-refractivity contribution in [2.45, 2.75) is 6.61 Å². The van der Waals surface area contributed by atoms with E-state index in [1.165, 1.54) is 12.1 Å². The first-order valence-electron chi connectivity index (χ1n) is 5.49. The average molecular weight is 243 g/mol. The van der Waals surface area contributed by atoms with Crippen molar-refractivity contribution in [1.82, 2.24) is 15.0 Å². The summed E-state index contributed by atoms with van der Waals surface area (Å²) in [6.07, 6.45) is 0. The molecule has 0 aliphatic carbocycles. The molecule has 1 aromatic heterocycles. The Hall–Kier alpha value is -2.27. The number of nitrogens with zero attached hydrogens (tertiary/aromatic N) is 3. The third-order valence-corrected chi connectivity index (χ3v) is 2.72. The van der Waals surface area contributed by atoms with Gasteiger partial charge in [-0.05, 0) is 35.9 Å². The second-order valence-electron chi connectivity index (χ2n) is 3.97. The van der Waals surface area contributed by atoms with Crippen LogP contribution in [0.3, 0.4) is 0 Å². The number of rotatable bonds is 2. The van der Waals surface area contributed by atoms with E-state index in [2.05, 4.69) is 10.3 Å². The predicted molar refractivity (Wildman–Crippen MR) is 64.7 cm³/mol. The number of fused-ring (bicyclic) bond motifs is 1. The van der Waals surface area contributed by atoms with Crippen molar-refractivity contribution in [2.75, 3.05) is 0 Å². The molecule has 0 aliphatic rings. The standard InChI is InChI=1S/C13H10FN3O/c14-10-5-9(8-18)6-11(7-10)17-13-4-2-1-3-12(13)15-16-17/h1-7,18H,8H2. The van der Waals surface area contributed by atoms with Crippen LogP contribution in [0.4, 0.5) is 4.39 Å². The summed E-state index contributed by atoms with van der Waals surface area (Å²) in [6, 6.07) is 11.8. The van der Waals surface area contributed by atoms with E-state index in [1.807, 2.05) is 24.3 Å². The van der Waals surface area contributed by atoms with Crippen LogP contribution < -0.4 is 0 Å². The molecule has 2 aromatic carbocycles. The zero-order chi connectivity index (χ0) is 12.5. The minimum absolute atomic E-state index is 0.211. The zero-order valence-electron chi connectivity index (χ0n) is 9.42. The largest absolute Gasteiger partial charge is 0.392 e. The van der Waals surface area contributed by atoms with Crippen LogP contribution >= 0.6 is 0 Å². The molecular weight excluding hydrogens is 233 g/mol. The van der Waals surface area contributed by atoms with Gasteiger partial charge in [-0.3, -0.25) is 0 Å². The fourth-order valence-corrected chi connectivity index (χ4v) is 1.91. The van der Waals surface area contributed by atoms with Gasteiger partial charge in [-0.1, -0.05) is 17.3 Å². The first-order chi connectivity index (χ1) is 8.78. The summed E-state index contributed by atoms with van der Waals surface area (Å²) >= 11 is 0. The van der Waals surface area contributed by atoms with Crippen LogP contribution in [-0.4, -0.2) is 20.1 Å². The number of para-hydroxylation sites is 1. The second-order valence-corrected chi connectivity index (χ2v) is 3.97. The number of aliphatic hydroxyl groups is 1. The highest BCUT2D eigenvalue weighted by Gasteiger charge is 2.08. The molecule has 18 heavy (non-hydrogen) atoms. The predicted octanol–water partition coefficient (Wildman–Crippen LogP) is 2.05. The molecule has 90 valence electrons. The van der Waals surface area contributed by atoms with E-state index in [0.29, 0.717) is 11.3 Å². The van der Waals surface area contributed by atoms with E-state index in [4.69, 9.17) is 5.11 Å². The summed E-state index contributed by atoms with van der Waals surface area (Å²) < 4.78 is 15.0. The van der Waals surface area contributed by atoms with Gasteiger partial charge in [0.1, 0.15) is 11.3 Å². The maximum Gasteiger partial charge on any atom is 0.125 e. The van der Waals surface area contributed by atoms with E-state index in [9.17, 15) is 4.39 Å². The lowest BCUT2D eigenvalue weighted by Crippen LogP contribution is -1.99. The first kappa shape index (κ1) is 10.9. The van der Waals surface area contributed by atoms with E-state index in [1.54, 1.807) is 10.7 Å². The Morgan fingerprint density at radius 3 is 2.83 bits per heavy atom. The Balaban J connectivity index is 2.22. The first-order valence-corrected chi connectivity index (χ1v) is 5.49. The molecule has 0 aliphatic heterocycles. The summed E-state index contributed by atoms with van der Waals surface area (Å²) in [4.78, 5) is 0. The van der Waals surface area contributed by atoms with Crippen LogP contribution in [0.5, 0.6) is 0 Å². The van der Waals surface area contributed by atoms with Gasteiger partial charge in [0, 0.05) is 0 Å². The summed E-state index contributed by atoms with van der Waals surface area (Å²) in [5, 5.41) is 17.1. The number of hydrogen-bond acceptors (Lipinski definition) is 3. The smallest absolute Gasteiger partial charge is 0.125 e. The number of hydrogen-bond donors (Lipinski definition) is 1. The quantitative estimate of drug-likeness (QED) is 0.749. The lowest BCUT2D eigenvalue weighted by Gasteiger charge is -2.04. The van der Waals surface area contributed by atoms with Gasteiger partial charge in [0.15, 0.2) is 0 Å². The van der Waals surface area contributed by atoms with Crippen molar-refractivity contribution in [3.8, 4) is 5.69 Å². The van der Waals surface area contributed by atoms with Crippen molar-refractivity contribution >= 4 is 11.0 Å². The molecule has 4 nitrogen and oxygen atoms in total. The molecule has 0 atom stereocenters. The van der Waals surface area contributed by atoms with Gasteiger partial charge in [0.25, 0.3) is 0 Å². The summed E-state index contributed by atoms with van der Waals surface area (Å²) in [7, 11) is 0. The summed E-state index contributed by atoms with van der Waals surface area (Å²) in [5.74, 6) is -0.406. The highest BCUT2D eigenvalue weighted by Crippen LogP contribution is 2.18. The minimum Gasteiger partial charge on any atom is -0.392 e. The van der Waals surface area contributed by atoms with Gasteiger partial charge in [0.05, 0.1) is 17.8 Å². The van der Waals surface area contributed by atoms with Crippen LogP contribution in [0.15, 0.2) is 42.5 Å². The van der Waals surface area contributed by atoms with Gasteiger partial charge in [-0.15, -0.1) is 5.10 Å². The molecule has 0 amide bonds. The average Bonchev–Trinajstić information content (AvgIpc) is 2.81. The molecule has 0 unspecified atom stereocenters. The summed E-state index contributed by atoms with van der Waals surface area (Å²) in [6.45, 7) is -0.211. The lowest BCUT2D eigenvalue weighted by atomic mass is 10.2. The normalized spacial score (nSPS) is 11.0. The number of benzene rings is 2. The number of aliphatic hydroxyl groups excluding tert-OH is 1. The van der Waals surface area contributed by atoms with Gasteiger partial charge in [-0.25, -0.2) is 9.07 Å². The van der Waals surface area contributed by atoms with E-state index in [0.717, 1.165) is 11.0 Å². The Morgan fingerprint density at radius 1 is 1.17 bits per heavy atom. The number of aromatic nitrogens is 3. The van der Waals surface area contributed by atoms with E-state index in [-0.39, 0.29) is 6.61 Å². The molecular formula is C13H10FN3O. The Bertz CT molecular complexity index is 708. The molecule has 3 aromatic rings. The minimum atomic E-state index is -0.406. The molecule has 1 heterocycles. The Morgan fingerprint density at radius 2 is 2.00 bits per heavy atom. The van der Waals surface area contributed by atoms with Gasteiger partial charge < -0.3 is 5.11 Å². The van der Waals surface area contributed by atoms with E-state index < -0.39 is 5.82 Å². The molecule has 5 heteroatoms. The fraction of sp³-hybridized carbons (Fsp3) is 0.0769. The fourth-order valence-electron chi connectivity index (χ4n) is 1.91. The third kappa shape index (κ3) is 1.74. The van der Waals surface area contributed by atoms with Crippen LogP contribution in [0, 0.1) is 5.82 Å². The SMILES string of the molecule is OCc1cc(F)cc(-n2nnc3ccccc32)c1. The van der Waals surface area contributed by atoms with Crippen molar-refractivity contribution in [3.05, 3.63) is 53.8 Å². The highest BCUT2D eigenvalue weighted by molar-refractivity contribution is 5.75. The second kappa shape index (κ2) is 4.19. The van der Waals surface area contributed by atoms with Crippen molar-refractivity contribution < 1.29 is 9.50 Å². The van der Waals surface area contributed by atoms with Crippen molar-refractivity contribution in [2.24, 2.45) is 0 Å². The highest BCUT2D eigenvalue weighted by atomic mass is 19.1. The molecule has 0 saturated carbocycles. The van der Waals surface area contributed by atoms with E-state index >= 15 is 0 Å². The van der Waals surface area contributed by atoms with Gasteiger partial charge in [0.2, 0.25) is 0 Å². The summed E-state index contributed by atoms with van der Waals surface area (Å²) in [5.41, 5.74) is 2.59. The molecule has 0 saturated heterocycles. The monoisotopic (exact) mass is 243 g/mol. The molecule has 0 spiro atoms. The molecule has 0 radical (unpaired) electrons. The maximum atomic E-state index is 13.4. The third-order valence-electron chi connectivity index (χ3n) is 2.72. The van der Waals surface area contributed by atoms with Crippen LogP contribution in [0.1, 0.15) is 5.56 Å². The molecule has 1 N–H and O–H groups in total. The van der Waals surface area contributed by atoms with Crippen LogP contribution in [0.25, 0.3) is 16.7 Å². The molecule has 3 rings (SSSR count). The van der Waals surface area contributed by atoms with Gasteiger partial charge >= 0.3 is 0 Å². The number of halogens is 1. The van der Waals surface area contributed by atoms with Crippen molar-refractivity contribution in [1.29, 1.82) is 0 Å².